The number of hydrogen-bond donors (Lipinski definition) is 1. The van der Waals surface area contributed by atoms with E-state index in [1.165, 1.54) is 16.8 Å². The summed E-state index contributed by atoms with van der Waals surface area (Å²) in [6, 6.07) is 1.29. The molecule has 0 bridgehead atoms. The first-order valence-corrected chi connectivity index (χ1v) is 7.82. The molecule has 1 unspecified atom stereocenters. The van der Waals surface area contributed by atoms with E-state index in [-0.39, 0.29) is 18.3 Å². The SMILES string of the molecule is CC1(C)OC2[C@H](n3ccc(=O)[nH]c3=O)O[C@H](CI)[C@H]2O1. The number of aromatic amines is 1. The van der Waals surface area contributed by atoms with E-state index in [0.717, 1.165) is 4.43 Å². The van der Waals surface area contributed by atoms with Gasteiger partial charge in [0.1, 0.15) is 12.2 Å². The number of nitrogens with one attached hydrogen (secondary N) is 1. The van der Waals surface area contributed by atoms with Crippen molar-refractivity contribution in [1.29, 1.82) is 0 Å². The molecule has 0 spiro atoms. The molecule has 20 heavy (non-hydrogen) atoms. The third-order valence-electron chi connectivity index (χ3n) is 3.40. The van der Waals surface area contributed by atoms with E-state index < -0.39 is 23.3 Å². The summed E-state index contributed by atoms with van der Waals surface area (Å²) >= 11 is 2.22. The van der Waals surface area contributed by atoms with Crippen LogP contribution in [0.3, 0.4) is 0 Å². The predicted molar refractivity (Wildman–Crippen MR) is 77.9 cm³/mol. The van der Waals surface area contributed by atoms with E-state index in [4.69, 9.17) is 14.2 Å². The van der Waals surface area contributed by atoms with Gasteiger partial charge in [-0.25, -0.2) is 4.79 Å². The Morgan fingerprint density at radius 1 is 1.35 bits per heavy atom. The van der Waals surface area contributed by atoms with Crippen LogP contribution >= 0.6 is 22.6 Å². The molecular formula is C12H15IN2O5. The third-order valence-corrected chi connectivity index (χ3v) is 4.27. The van der Waals surface area contributed by atoms with Crippen LogP contribution < -0.4 is 11.2 Å². The van der Waals surface area contributed by atoms with Gasteiger partial charge in [-0.2, -0.15) is 0 Å². The molecule has 7 nitrogen and oxygen atoms in total. The Hall–Kier alpha value is -0.710. The van der Waals surface area contributed by atoms with Gasteiger partial charge in [-0.15, -0.1) is 0 Å². The van der Waals surface area contributed by atoms with Gasteiger partial charge in [-0.3, -0.25) is 14.3 Å². The molecule has 3 rings (SSSR count). The Kier molecular flexibility index (Phi) is 3.51. The molecule has 1 N–H and O–H groups in total. The second-order valence-electron chi connectivity index (χ2n) is 5.30. The van der Waals surface area contributed by atoms with Crippen molar-refractivity contribution in [2.75, 3.05) is 4.43 Å². The van der Waals surface area contributed by atoms with Gasteiger partial charge in [-0.1, -0.05) is 22.6 Å². The minimum absolute atomic E-state index is 0.147. The number of rotatable bonds is 2. The third kappa shape index (κ3) is 2.34. The number of nitrogens with zero attached hydrogens (tertiary/aromatic N) is 1. The van der Waals surface area contributed by atoms with E-state index in [1.807, 2.05) is 13.8 Å². The summed E-state index contributed by atoms with van der Waals surface area (Å²) in [5.41, 5.74) is -0.946. The Morgan fingerprint density at radius 2 is 2.05 bits per heavy atom. The van der Waals surface area contributed by atoms with Gasteiger partial charge in [0.15, 0.2) is 12.0 Å². The molecule has 0 saturated carbocycles. The lowest BCUT2D eigenvalue weighted by Crippen LogP contribution is -2.37. The van der Waals surface area contributed by atoms with Gasteiger partial charge in [0.2, 0.25) is 0 Å². The van der Waals surface area contributed by atoms with Crippen molar-refractivity contribution < 1.29 is 14.2 Å². The maximum absolute atomic E-state index is 11.9. The minimum Gasteiger partial charge on any atom is -0.348 e. The predicted octanol–water partition coefficient (Wildman–Crippen LogP) is 0.389. The monoisotopic (exact) mass is 394 g/mol. The van der Waals surface area contributed by atoms with Gasteiger partial charge in [-0.05, 0) is 13.8 Å². The smallest absolute Gasteiger partial charge is 0.330 e. The number of halogens is 1. The minimum atomic E-state index is -0.701. The lowest BCUT2D eigenvalue weighted by molar-refractivity contribution is -0.194. The molecule has 4 atom stereocenters. The first kappa shape index (κ1) is 14.2. The normalized spacial score (nSPS) is 35.1. The maximum atomic E-state index is 11.9. The summed E-state index contributed by atoms with van der Waals surface area (Å²) in [5, 5.41) is 0. The fourth-order valence-corrected chi connectivity index (χ4v) is 3.34. The van der Waals surface area contributed by atoms with Crippen molar-refractivity contribution >= 4 is 22.6 Å². The van der Waals surface area contributed by atoms with E-state index >= 15 is 0 Å². The molecular weight excluding hydrogens is 379 g/mol. The van der Waals surface area contributed by atoms with Gasteiger partial charge in [0.25, 0.3) is 5.56 Å². The largest absolute Gasteiger partial charge is 0.348 e. The number of fused-ring (bicyclic) bond motifs is 1. The quantitative estimate of drug-likeness (QED) is 0.580. The van der Waals surface area contributed by atoms with Crippen LogP contribution in [0.25, 0.3) is 0 Å². The van der Waals surface area contributed by atoms with Crippen molar-refractivity contribution in [2.24, 2.45) is 0 Å². The molecule has 2 fully saturated rings. The van der Waals surface area contributed by atoms with E-state index in [0.29, 0.717) is 0 Å². The molecule has 0 aromatic carbocycles. The average Bonchev–Trinajstić information content (AvgIpc) is 2.83. The fourth-order valence-electron chi connectivity index (χ4n) is 2.63. The number of alkyl halides is 1. The Labute approximate surface area is 128 Å². The molecule has 8 heteroatoms. The number of aromatic nitrogens is 2. The lowest BCUT2D eigenvalue weighted by atomic mass is 10.1. The van der Waals surface area contributed by atoms with Crippen LogP contribution in [-0.2, 0) is 14.2 Å². The van der Waals surface area contributed by atoms with Crippen LogP contribution in [0.5, 0.6) is 0 Å². The van der Waals surface area contributed by atoms with Crippen LogP contribution in [0.15, 0.2) is 21.9 Å². The first-order valence-electron chi connectivity index (χ1n) is 6.30. The second kappa shape index (κ2) is 4.93. The number of hydrogen-bond acceptors (Lipinski definition) is 5. The zero-order valence-electron chi connectivity index (χ0n) is 11.0. The summed E-state index contributed by atoms with van der Waals surface area (Å²) in [5.74, 6) is -0.701. The Balaban J connectivity index is 1.98. The molecule has 2 aliphatic rings. The molecule has 0 amide bonds. The molecule has 1 aromatic heterocycles. The van der Waals surface area contributed by atoms with Crippen molar-refractivity contribution in [1.82, 2.24) is 9.55 Å². The summed E-state index contributed by atoms with van der Waals surface area (Å²) in [7, 11) is 0. The highest BCUT2D eigenvalue weighted by molar-refractivity contribution is 14.1. The van der Waals surface area contributed by atoms with Gasteiger partial charge >= 0.3 is 5.69 Å². The van der Waals surface area contributed by atoms with Crippen molar-refractivity contribution in [2.45, 2.75) is 44.2 Å². The summed E-state index contributed by atoms with van der Waals surface area (Å²) in [6.07, 6.45) is 0.101. The molecule has 110 valence electrons. The average molecular weight is 394 g/mol. The highest BCUT2D eigenvalue weighted by Gasteiger charge is 2.55. The van der Waals surface area contributed by atoms with Crippen molar-refractivity contribution in [3.05, 3.63) is 33.1 Å². The van der Waals surface area contributed by atoms with Crippen molar-refractivity contribution in [3.8, 4) is 0 Å². The zero-order valence-corrected chi connectivity index (χ0v) is 13.2. The number of ether oxygens (including phenoxy) is 3. The molecule has 2 aliphatic heterocycles. The maximum Gasteiger partial charge on any atom is 0.330 e. The Bertz CT molecular complexity index is 625. The van der Waals surface area contributed by atoms with Gasteiger partial charge in [0.05, 0.1) is 6.10 Å². The van der Waals surface area contributed by atoms with Crippen LogP contribution in [0.2, 0.25) is 0 Å². The highest BCUT2D eigenvalue weighted by atomic mass is 127. The fraction of sp³-hybridized carbons (Fsp3) is 0.667. The van der Waals surface area contributed by atoms with E-state index in [9.17, 15) is 9.59 Å². The molecule has 2 saturated heterocycles. The summed E-state index contributed by atoms with van der Waals surface area (Å²) in [4.78, 5) is 25.3. The lowest BCUT2D eigenvalue weighted by Gasteiger charge is -2.24. The number of H-pyrrole nitrogens is 1. The molecule has 0 aliphatic carbocycles. The van der Waals surface area contributed by atoms with Crippen LogP contribution in [0.4, 0.5) is 0 Å². The topological polar surface area (TPSA) is 82.6 Å². The highest BCUT2D eigenvalue weighted by Crippen LogP contribution is 2.42. The Morgan fingerprint density at radius 3 is 2.70 bits per heavy atom. The van der Waals surface area contributed by atoms with Crippen molar-refractivity contribution in [3.63, 3.8) is 0 Å². The van der Waals surface area contributed by atoms with Crippen LogP contribution in [0, 0.1) is 0 Å². The van der Waals surface area contributed by atoms with Gasteiger partial charge in [0, 0.05) is 16.7 Å². The molecule has 3 heterocycles. The van der Waals surface area contributed by atoms with Crippen LogP contribution in [0.1, 0.15) is 20.1 Å². The molecule has 0 radical (unpaired) electrons. The van der Waals surface area contributed by atoms with E-state index in [1.54, 1.807) is 0 Å². The second-order valence-corrected chi connectivity index (χ2v) is 6.18. The molecule has 1 aromatic rings. The van der Waals surface area contributed by atoms with Gasteiger partial charge < -0.3 is 14.2 Å². The first-order chi connectivity index (χ1) is 9.41. The zero-order chi connectivity index (χ0) is 14.5. The van der Waals surface area contributed by atoms with Crippen LogP contribution in [-0.4, -0.2) is 38.1 Å². The summed E-state index contributed by atoms with van der Waals surface area (Å²) < 4.78 is 19.6. The standard InChI is InChI=1S/C12H15IN2O5/c1-12(2)19-8-6(5-13)18-10(9(8)20-12)15-4-3-7(16)14-11(15)17/h3-4,6,8-10H,5H2,1-2H3,(H,14,16,17)/t6-,8-,9?,10-/m1/s1. The van der Waals surface area contributed by atoms with E-state index in [2.05, 4.69) is 27.6 Å². The summed E-state index contributed by atoms with van der Waals surface area (Å²) in [6.45, 7) is 3.67.